The van der Waals surface area contributed by atoms with Crippen molar-refractivity contribution in [2.24, 2.45) is 0 Å². The number of aromatic nitrogens is 1. The Morgan fingerprint density at radius 1 is 1.19 bits per heavy atom. The molecular formula is C16H22N2O2S. The average molecular weight is 306 g/mol. The molecule has 4 nitrogen and oxygen atoms in total. The zero-order valence-corrected chi connectivity index (χ0v) is 14.0. The number of benzene rings is 1. The summed E-state index contributed by atoms with van der Waals surface area (Å²) in [5.41, 5.74) is 2.08. The van der Waals surface area contributed by atoms with E-state index in [1.54, 1.807) is 25.6 Å². The van der Waals surface area contributed by atoms with E-state index in [9.17, 15) is 0 Å². The molecule has 1 aromatic heterocycles. The first kappa shape index (κ1) is 15.6. The molecule has 1 N–H and O–H groups in total. The topological polar surface area (TPSA) is 43.4 Å². The Labute approximate surface area is 130 Å². The van der Waals surface area contributed by atoms with Crippen LogP contribution in [-0.4, -0.2) is 19.2 Å². The third-order valence-corrected chi connectivity index (χ3v) is 4.38. The molecule has 0 aliphatic heterocycles. The van der Waals surface area contributed by atoms with Crippen molar-refractivity contribution in [2.45, 2.75) is 32.7 Å². The van der Waals surface area contributed by atoms with E-state index in [4.69, 9.17) is 9.47 Å². The first-order valence-corrected chi connectivity index (χ1v) is 7.73. The summed E-state index contributed by atoms with van der Waals surface area (Å²) in [6.07, 6.45) is 0. The Morgan fingerprint density at radius 2 is 1.95 bits per heavy atom. The largest absolute Gasteiger partial charge is 0.497 e. The number of anilines is 1. The highest BCUT2D eigenvalue weighted by Gasteiger charge is 2.17. The van der Waals surface area contributed by atoms with Crippen LogP contribution in [0.5, 0.6) is 11.5 Å². The van der Waals surface area contributed by atoms with Crippen LogP contribution in [0.4, 0.5) is 5.69 Å². The van der Waals surface area contributed by atoms with E-state index in [1.807, 2.05) is 18.2 Å². The van der Waals surface area contributed by atoms with Gasteiger partial charge in [-0.1, -0.05) is 20.8 Å². The first-order valence-electron chi connectivity index (χ1n) is 6.85. The van der Waals surface area contributed by atoms with Gasteiger partial charge >= 0.3 is 0 Å². The smallest absolute Gasteiger partial charge is 0.145 e. The summed E-state index contributed by atoms with van der Waals surface area (Å²) in [5.74, 6) is 1.54. The summed E-state index contributed by atoms with van der Waals surface area (Å²) in [6, 6.07) is 5.73. The second-order valence-electron chi connectivity index (χ2n) is 5.81. The maximum Gasteiger partial charge on any atom is 0.145 e. The van der Waals surface area contributed by atoms with Crippen LogP contribution in [0, 0.1) is 0 Å². The SMILES string of the molecule is COc1ccc(NCc2csc(C(C)(C)C)n2)c(OC)c1. The van der Waals surface area contributed by atoms with Crippen LogP contribution in [-0.2, 0) is 12.0 Å². The Morgan fingerprint density at radius 3 is 2.52 bits per heavy atom. The van der Waals surface area contributed by atoms with Gasteiger partial charge in [-0.05, 0) is 12.1 Å². The van der Waals surface area contributed by atoms with Crippen molar-refractivity contribution in [1.29, 1.82) is 0 Å². The maximum atomic E-state index is 5.38. The van der Waals surface area contributed by atoms with Crippen LogP contribution in [0.2, 0.25) is 0 Å². The van der Waals surface area contributed by atoms with Gasteiger partial charge in [0.1, 0.15) is 11.5 Å². The van der Waals surface area contributed by atoms with Gasteiger partial charge in [0.15, 0.2) is 0 Å². The molecule has 1 aromatic carbocycles. The van der Waals surface area contributed by atoms with Crippen molar-refractivity contribution in [3.05, 3.63) is 34.3 Å². The number of ether oxygens (including phenoxy) is 2. The third kappa shape index (κ3) is 3.88. The van der Waals surface area contributed by atoms with Gasteiger partial charge in [0, 0.05) is 16.9 Å². The van der Waals surface area contributed by atoms with E-state index in [2.05, 4.69) is 36.5 Å². The quantitative estimate of drug-likeness (QED) is 0.904. The minimum Gasteiger partial charge on any atom is -0.497 e. The van der Waals surface area contributed by atoms with Crippen LogP contribution in [0.3, 0.4) is 0 Å². The molecule has 21 heavy (non-hydrogen) atoms. The summed E-state index contributed by atoms with van der Waals surface area (Å²) >= 11 is 1.71. The van der Waals surface area contributed by atoms with Crippen molar-refractivity contribution in [3.63, 3.8) is 0 Å². The molecule has 0 aliphatic carbocycles. The lowest BCUT2D eigenvalue weighted by atomic mass is 9.98. The van der Waals surface area contributed by atoms with E-state index in [0.717, 1.165) is 27.9 Å². The lowest BCUT2D eigenvalue weighted by Gasteiger charge is -2.14. The lowest BCUT2D eigenvalue weighted by Crippen LogP contribution is -2.11. The predicted molar refractivity (Wildman–Crippen MR) is 87.7 cm³/mol. The van der Waals surface area contributed by atoms with Crippen LogP contribution in [0.15, 0.2) is 23.6 Å². The minimum atomic E-state index is 0.0979. The van der Waals surface area contributed by atoms with Crippen molar-refractivity contribution in [2.75, 3.05) is 19.5 Å². The normalized spacial score (nSPS) is 11.3. The second-order valence-corrected chi connectivity index (χ2v) is 6.67. The Balaban J connectivity index is 2.08. The molecule has 0 radical (unpaired) electrons. The Hall–Kier alpha value is -1.75. The van der Waals surface area contributed by atoms with Gasteiger partial charge in [-0.3, -0.25) is 0 Å². The van der Waals surface area contributed by atoms with Crippen molar-refractivity contribution in [3.8, 4) is 11.5 Å². The van der Waals surface area contributed by atoms with Gasteiger partial charge in [-0.15, -0.1) is 11.3 Å². The van der Waals surface area contributed by atoms with Crippen molar-refractivity contribution < 1.29 is 9.47 Å². The zero-order valence-electron chi connectivity index (χ0n) is 13.2. The van der Waals surface area contributed by atoms with Gasteiger partial charge in [0.2, 0.25) is 0 Å². The Bertz CT molecular complexity index is 603. The molecule has 114 valence electrons. The summed E-state index contributed by atoms with van der Waals surface area (Å²) in [6.45, 7) is 7.20. The van der Waals surface area contributed by atoms with Gasteiger partial charge in [0.25, 0.3) is 0 Å². The van der Waals surface area contributed by atoms with Crippen molar-refractivity contribution in [1.82, 2.24) is 4.98 Å². The van der Waals surface area contributed by atoms with Gasteiger partial charge < -0.3 is 14.8 Å². The van der Waals surface area contributed by atoms with E-state index in [1.165, 1.54) is 0 Å². The monoisotopic (exact) mass is 306 g/mol. The summed E-state index contributed by atoms with van der Waals surface area (Å²) in [7, 11) is 3.30. The van der Waals surface area contributed by atoms with Crippen LogP contribution in [0.1, 0.15) is 31.5 Å². The van der Waals surface area contributed by atoms with Crippen LogP contribution in [0.25, 0.3) is 0 Å². The standard InChI is InChI=1S/C16H22N2O2S/c1-16(2,3)15-18-11(10-21-15)9-17-13-7-6-12(19-4)8-14(13)20-5/h6-8,10,17H,9H2,1-5H3. The summed E-state index contributed by atoms with van der Waals surface area (Å²) < 4.78 is 10.6. The first-order chi connectivity index (χ1) is 9.94. The van der Waals surface area contributed by atoms with E-state index in [0.29, 0.717) is 6.54 Å². The fourth-order valence-electron chi connectivity index (χ4n) is 1.86. The lowest BCUT2D eigenvalue weighted by molar-refractivity contribution is 0.395. The molecule has 0 atom stereocenters. The number of thiazole rings is 1. The number of nitrogens with one attached hydrogen (secondary N) is 1. The van der Waals surface area contributed by atoms with E-state index < -0.39 is 0 Å². The molecule has 0 saturated carbocycles. The summed E-state index contributed by atoms with van der Waals surface area (Å²) in [5, 5.41) is 6.61. The number of methoxy groups -OCH3 is 2. The fourth-order valence-corrected chi connectivity index (χ4v) is 2.77. The molecular weight excluding hydrogens is 284 g/mol. The molecule has 5 heteroatoms. The molecule has 2 rings (SSSR count). The molecule has 0 amide bonds. The molecule has 2 aromatic rings. The van der Waals surface area contributed by atoms with Crippen LogP contribution >= 0.6 is 11.3 Å². The van der Waals surface area contributed by atoms with Crippen LogP contribution < -0.4 is 14.8 Å². The zero-order chi connectivity index (χ0) is 15.5. The van der Waals surface area contributed by atoms with Gasteiger partial charge in [-0.2, -0.15) is 0 Å². The molecule has 0 spiro atoms. The summed E-state index contributed by atoms with van der Waals surface area (Å²) in [4.78, 5) is 4.68. The van der Waals surface area contributed by atoms with E-state index in [-0.39, 0.29) is 5.41 Å². The number of hydrogen-bond donors (Lipinski definition) is 1. The van der Waals surface area contributed by atoms with Crippen molar-refractivity contribution >= 4 is 17.0 Å². The third-order valence-electron chi connectivity index (χ3n) is 3.06. The highest BCUT2D eigenvalue weighted by molar-refractivity contribution is 7.09. The molecule has 0 aliphatic rings. The Kier molecular flexibility index (Phi) is 4.73. The van der Waals surface area contributed by atoms with Gasteiger partial charge in [-0.25, -0.2) is 4.98 Å². The highest BCUT2D eigenvalue weighted by atomic mass is 32.1. The average Bonchev–Trinajstić information content (AvgIpc) is 2.94. The molecule has 0 fully saturated rings. The minimum absolute atomic E-state index is 0.0979. The molecule has 0 saturated heterocycles. The molecule has 0 unspecified atom stereocenters. The van der Waals surface area contributed by atoms with E-state index >= 15 is 0 Å². The highest BCUT2D eigenvalue weighted by Crippen LogP contribution is 2.30. The van der Waals surface area contributed by atoms with Gasteiger partial charge in [0.05, 0.1) is 37.2 Å². The molecule has 0 bridgehead atoms. The maximum absolute atomic E-state index is 5.38. The second kappa shape index (κ2) is 6.35. The molecule has 1 heterocycles. The number of hydrogen-bond acceptors (Lipinski definition) is 5. The number of rotatable bonds is 5. The fraction of sp³-hybridized carbons (Fsp3) is 0.438. The predicted octanol–water partition coefficient (Wildman–Crippen LogP) is 4.07. The number of nitrogens with zero attached hydrogens (tertiary/aromatic N) is 1.